The third-order valence-electron chi connectivity index (χ3n) is 4.45. The summed E-state index contributed by atoms with van der Waals surface area (Å²) in [5.74, 6) is 1.10. The van der Waals surface area contributed by atoms with Crippen LogP contribution in [0.5, 0.6) is 0 Å². The number of nitrogens with zero attached hydrogens (tertiary/aromatic N) is 3. The van der Waals surface area contributed by atoms with E-state index in [2.05, 4.69) is 60.8 Å². The van der Waals surface area contributed by atoms with Gasteiger partial charge in [-0.05, 0) is 58.7 Å². The second-order valence-electron chi connectivity index (χ2n) is 5.97. The SMILES string of the molecule is CCN(CC)c1ccc([C@@H]2CCCCN2C(C)C)cn1. The summed E-state index contributed by atoms with van der Waals surface area (Å²) >= 11 is 0. The summed E-state index contributed by atoms with van der Waals surface area (Å²) in [6.45, 7) is 12.2. The largest absolute Gasteiger partial charge is 0.357 e. The van der Waals surface area contributed by atoms with E-state index in [9.17, 15) is 0 Å². The molecule has 0 saturated carbocycles. The Hall–Kier alpha value is -1.09. The fraction of sp³-hybridized carbons (Fsp3) is 0.706. The number of hydrogen-bond donors (Lipinski definition) is 0. The van der Waals surface area contributed by atoms with Crippen molar-refractivity contribution in [2.45, 2.75) is 59.0 Å². The molecule has 0 aliphatic carbocycles. The Bertz CT molecular complexity index is 395. The number of likely N-dealkylation sites (tertiary alicyclic amines) is 1. The van der Waals surface area contributed by atoms with E-state index in [1.807, 2.05) is 0 Å². The lowest BCUT2D eigenvalue weighted by Gasteiger charge is -2.38. The molecule has 0 unspecified atom stereocenters. The van der Waals surface area contributed by atoms with Crippen LogP contribution in [0.4, 0.5) is 5.82 Å². The van der Waals surface area contributed by atoms with Crippen LogP contribution in [-0.4, -0.2) is 35.6 Å². The van der Waals surface area contributed by atoms with Gasteiger partial charge in [0.15, 0.2) is 0 Å². The van der Waals surface area contributed by atoms with Crippen LogP contribution in [0.2, 0.25) is 0 Å². The Morgan fingerprint density at radius 1 is 1.25 bits per heavy atom. The molecule has 2 heterocycles. The summed E-state index contributed by atoms with van der Waals surface area (Å²) < 4.78 is 0. The second-order valence-corrected chi connectivity index (χ2v) is 5.97. The maximum atomic E-state index is 4.69. The molecule has 3 heteroatoms. The first-order valence-corrected chi connectivity index (χ1v) is 8.14. The van der Waals surface area contributed by atoms with E-state index in [-0.39, 0.29) is 0 Å². The Balaban J connectivity index is 2.15. The minimum Gasteiger partial charge on any atom is -0.357 e. The highest BCUT2D eigenvalue weighted by atomic mass is 15.2. The van der Waals surface area contributed by atoms with Gasteiger partial charge in [-0.25, -0.2) is 4.98 Å². The summed E-state index contributed by atoms with van der Waals surface area (Å²) in [5, 5.41) is 0. The Morgan fingerprint density at radius 2 is 2.00 bits per heavy atom. The van der Waals surface area contributed by atoms with Gasteiger partial charge in [0, 0.05) is 31.4 Å². The molecular formula is C17H29N3. The molecule has 1 aliphatic heterocycles. The molecular weight excluding hydrogens is 246 g/mol. The predicted octanol–water partition coefficient (Wildman–Crippen LogP) is 3.86. The molecule has 1 saturated heterocycles. The zero-order chi connectivity index (χ0) is 14.5. The first kappa shape index (κ1) is 15.3. The molecule has 1 aromatic rings. The van der Waals surface area contributed by atoms with Gasteiger partial charge in [-0.15, -0.1) is 0 Å². The number of piperidine rings is 1. The van der Waals surface area contributed by atoms with Crippen molar-refractivity contribution in [3.63, 3.8) is 0 Å². The maximum Gasteiger partial charge on any atom is 0.128 e. The van der Waals surface area contributed by atoms with E-state index in [1.165, 1.54) is 31.4 Å². The molecule has 112 valence electrons. The van der Waals surface area contributed by atoms with Crippen molar-refractivity contribution in [3.05, 3.63) is 23.9 Å². The van der Waals surface area contributed by atoms with E-state index in [0.717, 1.165) is 18.9 Å². The molecule has 0 N–H and O–H groups in total. The number of aromatic nitrogens is 1. The quantitative estimate of drug-likeness (QED) is 0.813. The van der Waals surface area contributed by atoms with Gasteiger partial charge in [0.1, 0.15) is 5.82 Å². The molecule has 1 aliphatic rings. The van der Waals surface area contributed by atoms with Crippen molar-refractivity contribution < 1.29 is 0 Å². The zero-order valence-corrected chi connectivity index (χ0v) is 13.5. The number of anilines is 1. The third-order valence-corrected chi connectivity index (χ3v) is 4.45. The Kier molecular flexibility index (Phi) is 5.41. The standard InChI is InChI=1S/C17H29N3/c1-5-19(6-2)17-11-10-15(13-18-17)16-9-7-8-12-20(16)14(3)4/h10-11,13-14,16H,5-9,12H2,1-4H3/t16-/m0/s1. The van der Waals surface area contributed by atoms with Crippen molar-refractivity contribution >= 4 is 5.82 Å². The molecule has 3 nitrogen and oxygen atoms in total. The van der Waals surface area contributed by atoms with Crippen LogP contribution in [0.25, 0.3) is 0 Å². The molecule has 0 amide bonds. The van der Waals surface area contributed by atoms with Crippen LogP contribution >= 0.6 is 0 Å². The topological polar surface area (TPSA) is 19.4 Å². The maximum absolute atomic E-state index is 4.69. The molecule has 0 radical (unpaired) electrons. The van der Waals surface area contributed by atoms with Gasteiger partial charge in [-0.1, -0.05) is 12.5 Å². The van der Waals surface area contributed by atoms with E-state index < -0.39 is 0 Å². The van der Waals surface area contributed by atoms with Gasteiger partial charge >= 0.3 is 0 Å². The number of rotatable bonds is 5. The van der Waals surface area contributed by atoms with E-state index in [4.69, 9.17) is 0 Å². The zero-order valence-electron chi connectivity index (χ0n) is 13.5. The molecule has 0 aromatic carbocycles. The van der Waals surface area contributed by atoms with Crippen molar-refractivity contribution in [1.29, 1.82) is 0 Å². The third kappa shape index (κ3) is 3.32. The van der Waals surface area contributed by atoms with Crippen LogP contribution < -0.4 is 4.90 Å². The number of pyridine rings is 1. The molecule has 20 heavy (non-hydrogen) atoms. The van der Waals surface area contributed by atoms with Crippen molar-refractivity contribution in [2.75, 3.05) is 24.5 Å². The van der Waals surface area contributed by atoms with E-state index >= 15 is 0 Å². The van der Waals surface area contributed by atoms with Gasteiger partial charge < -0.3 is 4.90 Å². The summed E-state index contributed by atoms with van der Waals surface area (Å²) in [6.07, 6.45) is 6.04. The summed E-state index contributed by atoms with van der Waals surface area (Å²) in [6, 6.07) is 5.64. The fourth-order valence-electron chi connectivity index (χ4n) is 3.26. The predicted molar refractivity (Wildman–Crippen MR) is 86.2 cm³/mol. The van der Waals surface area contributed by atoms with Crippen molar-refractivity contribution in [1.82, 2.24) is 9.88 Å². The van der Waals surface area contributed by atoms with Gasteiger partial charge in [0.05, 0.1) is 0 Å². The Morgan fingerprint density at radius 3 is 2.55 bits per heavy atom. The molecule has 0 spiro atoms. The molecule has 0 bridgehead atoms. The molecule has 1 atom stereocenters. The molecule has 1 aromatic heterocycles. The molecule has 2 rings (SSSR count). The smallest absolute Gasteiger partial charge is 0.128 e. The first-order valence-electron chi connectivity index (χ1n) is 8.14. The van der Waals surface area contributed by atoms with Crippen LogP contribution in [0.1, 0.15) is 58.6 Å². The lowest BCUT2D eigenvalue weighted by Crippen LogP contribution is -2.38. The highest BCUT2D eigenvalue weighted by Gasteiger charge is 2.26. The van der Waals surface area contributed by atoms with Crippen molar-refractivity contribution in [2.24, 2.45) is 0 Å². The van der Waals surface area contributed by atoms with Crippen LogP contribution in [0, 0.1) is 0 Å². The average molecular weight is 275 g/mol. The highest BCUT2D eigenvalue weighted by molar-refractivity contribution is 5.39. The highest BCUT2D eigenvalue weighted by Crippen LogP contribution is 2.32. The Labute approximate surface area is 124 Å². The van der Waals surface area contributed by atoms with Gasteiger partial charge in [0.25, 0.3) is 0 Å². The molecule has 1 fully saturated rings. The fourth-order valence-corrected chi connectivity index (χ4v) is 3.26. The van der Waals surface area contributed by atoms with Crippen LogP contribution in [0.3, 0.4) is 0 Å². The number of hydrogen-bond acceptors (Lipinski definition) is 3. The van der Waals surface area contributed by atoms with Crippen LogP contribution in [0.15, 0.2) is 18.3 Å². The van der Waals surface area contributed by atoms with Gasteiger partial charge in [0.2, 0.25) is 0 Å². The summed E-state index contributed by atoms with van der Waals surface area (Å²) in [4.78, 5) is 9.61. The van der Waals surface area contributed by atoms with Crippen LogP contribution in [-0.2, 0) is 0 Å². The van der Waals surface area contributed by atoms with E-state index in [1.54, 1.807) is 0 Å². The van der Waals surface area contributed by atoms with Gasteiger partial charge in [-0.2, -0.15) is 0 Å². The second kappa shape index (κ2) is 7.07. The lowest BCUT2D eigenvalue weighted by atomic mass is 9.95. The van der Waals surface area contributed by atoms with Crippen molar-refractivity contribution in [3.8, 4) is 0 Å². The first-order chi connectivity index (χ1) is 9.67. The minimum absolute atomic E-state index is 0.557. The summed E-state index contributed by atoms with van der Waals surface area (Å²) in [7, 11) is 0. The van der Waals surface area contributed by atoms with Gasteiger partial charge in [-0.3, -0.25) is 4.90 Å². The lowest BCUT2D eigenvalue weighted by molar-refractivity contribution is 0.112. The van der Waals surface area contributed by atoms with E-state index in [0.29, 0.717) is 12.1 Å². The minimum atomic E-state index is 0.557. The summed E-state index contributed by atoms with van der Waals surface area (Å²) in [5.41, 5.74) is 1.38. The monoisotopic (exact) mass is 275 g/mol. The average Bonchev–Trinajstić information content (AvgIpc) is 2.49. The normalized spacial score (nSPS) is 20.4.